The minimum absolute atomic E-state index is 0.400. The minimum Gasteiger partial charge on any atom is -0.382 e. The van der Waals surface area contributed by atoms with Gasteiger partial charge in [0.25, 0.3) is 0 Å². The highest BCUT2D eigenvalue weighted by Gasteiger charge is 2.33. The van der Waals surface area contributed by atoms with Crippen LogP contribution in [-0.2, 0) is 4.74 Å². The lowest BCUT2D eigenvalue weighted by Crippen LogP contribution is -2.44. The first-order chi connectivity index (χ1) is 12.7. The Morgan fingerprint density at radius 1 is 1.19 bits per heavy atom. The average Bonchev–Trinajstić information content (AvgIpc) is 3.12. The Hall–Kier alpha value is -0.810. The molecule has 0 unspecified atom stereocenters. The molecule has 26 heavy (non-hydrogen) atoms. The smallest absolute Gasteiger partial charge is 0.190 e. The number of hydrogen-bond donors (Lipinski definition) is 2. The number of hydrogen-bond acceptors (Lipinski definition) is 3. The van der Waals surface area contributed by atoms with Crippen molar-refractivity contribution in [2.24, 2.45) is 16.3 Å². The molecule has 0 amide bonds. The molecule has 1 heterocycles. The molecule has 1 saturated carbocycles. The van der Waals surface area contributed by atoms with Crippen molar-refractivity contribution in [3.05, 3.63) is 0 Å². The Labute approximate surface area is 161 Å². The third-order valence-electron chi connectivity index (χ3n) is 6.32. The van der Waals surface area contributed by atoms with E-state index in [1.807, 2.05) is 7.05 Å². The molecule has 0 aromatic carbocycles. The van der Waals surface area contributed by atoms with E-state index in [1.54, 1.807) is 0 Å². The van der Waals surface area contributed by atoms with Gasteiger partial charge in [-0.1, -0.05) is 19.8 Å². The molecule has 1 saturated heterocycles. The van der Waals surface area contributed by atoms with Crippen molar-refractivity contribution >= 4 is 5.96 Å². The Morgan fingerprint density at radius 2 is 1.92 bits per heavy atom. The summed E-state index contributed by atoms with van der Waals surface area (Å²) in [7, 11) is 1.88. The van der Waals surface area contributed by atoms with Crippen molar-refractivity contribution in [1.29, 1.82) is 0 Å². The highest BCUT2D eigenvalue weighted by atomic mass is 16.5. The summed E-state index contributed by atoms with van der Waals surface area (Å²) >= 11 is 0. The summed E-state index contributed by atoms with van der Waals surface area (Å²) < 4.78 is 5.62. The molecule has 0 spiro atoms. The lowest BCUT2D eigenvalue weighted by molar-refractivity contribution is 0.105. The molecule has 0 radical (unpaired) electrons. The highest BCUT2D eigenvalue weighted by molar-refractivity contribution is 5.79. The fourth-order valence-electron chi connectivity index (χ4n) is 4.36. The van der Waals surface area contributed by atoms with Gasteiger partial charge in [-0.3, -0.25) is 4.99 Å². The van der Waals surface area contributed by atoms with Gasteiger partial charge in [-0.05, 0) is 76.4 Å². The van der Waals surface area contributed by atoms with Gasteiger partial charge in [-0.25, -0.2) is 0 Å². The standard InChI is InChI=1S/C21H42N4O/c1-4-26-17-12-21(10-5-6-11-21)18-24-20(22-3)23-13-7-14-25-15-8-19(2)9-16-25/h19H,4-18H2,1-3H3,(H2,22,23,24). The molecule has 0 aromatic rings. The maximum atomic E-state index is 5.62. The second kappa shape index (κ2) is 11.8. The molecule has 2 N–H and O–H groups in total. The summed E-state index contributed by atoms with van der Waals surface area (Å²) in [4.78, 5) is 7.03. The van der Waals surface area contributed by atoms with E-state index in [1.165, 1.54) is 64.6 Å². The maximum Gasteiger partial charge on any atom is 0.190 e. The van der Waals surface area contributed by atoms with Crippen LogP contribution in [-0.4, -0.2) is 63.8 Å². The van der Waals surface area contributed by atoms with E-state index in [-0.39, 0.29) is 0 Å². The van der Waals surface area contributed by atoms with Crippen LogP contribution < -0.4 is 10.6 Å². The molecule has 5 nitrogen and oxygen atoms in total. The van der Waals surface area contributed by atoms with E-state index in [4.69, 9.17) is 4.74 Å². The second-order valence-corrected chi connectivity index (χ2v) is 8.38. The average molecular weight is 367 g/mol. The summed E-state index contributed by atoms with van der Waals surface area (Å²) in [5.41, 5.74) is 0.400. The number of aliphatic imine (C=N–C) groups is 1. The Kier molecular flexibility index (Phi) is 9.76. The normalized spacial score (nSPS) is 21.9. The number of likely N-dealkylation sites (tertiary alicyclic amines) is 1. The Morgan fingerprint density at radius 3 is 2.58 bits per heavy atom. The molecular weight excluding hydrogens is 324 g/mol. The number of ether oxygens (including phenoxy) is 1. The summed E-state index contributed by atoms with van der Waals surface area (Å²) in [5, 5.41) is 7.10. The summed E-state index contributed by atoms with van der Waals surface area (Å²) in [6, 6.07) is 0. The molecule has 0 atom stereocenters. The van der Waals surface area contributed by atoms with Crippen LogP contribution in [0.2, 0.25) is 0 Å². The SMILES string of the molecule is CCOCCC1(CNC(=NC)NCCCN2CCC(C)CC2)CCCC1. The van der Waals surface area contributed by atoms with E-state index in [0.29, 0.717) is 5.41 Å². The van der Waals surface area contributed by atoms with Crippen molar-refractivity contribution in [2.75, 3.05) is 53.0 Å². The third kappa shape index (κ3) is 7.43. The Bertz CT molecular complexity index is 399. The largest absolute Gasteiger partial charge is 0.382 e. The van der Waals surface area contributed by atoms with E-state index in [0.717, 1.165) is 44.6 Å². The van der Waals surface area contributed by atoms with Gasteiger partial charge < -0.3 is 20.3 Å². The number of nitrogens with zero attached hydrogens (tertiary/aromatic N) is 2. The lowest BCUT2D eigenvalue weighted by atomic mass is 9.83. The molecule has 5 heteroatoms. The summed E-state index contributed by atoms with van der Waals surface area (Å²) in [5.74, 6) is 1.87. The van der Waals surface area contributed by atoms with Crippen molar-refractivity contribution in [1.82, 2.24) is 15.5 Å². The van der Waals surface area contributed by atoms with Gasteiger partial charge >= 0.3 is 0 Å². The van der Waals surface area contributed by atoms with E-state index in [2.05, 4.69) is 34.4 Å². The molecule has 0 aromatic heterocycles. The molecule has 1 aliphatic heterocycles. The van der Waals surface area contributed by atoms with Crippen LogP contribution in [0, 0.1) is 11.3 Å². The fraction of sp³-hybridized carbons (Fsp3) is 0.952. The second-order valence-electron chi connectivity index (χ2n) is 8.38. The van der Waals surface area contributed by atoms with Gasteiger partial charge in [-0.2, -0.15) is 0 Å². The van der Waals surface area contributed by atoms with Gasteiger partial charge in [0, 0.05) is 33.4 Å². The predicted octanol–water partition coefficient (Wildman–Crippen LogP) is 3.26. The summed E-state index contributed by atoms with van der Waals surface area (Å²) in [6.07, 6.45) is 10.4. The topological polar surface area (TPSA) is 48.9 Å². The highest BCUT2D eigenvalue weighted by Crippen LogP contribution is 2.40. The van der Waals surface area contributed by atoms with Crippen molar-refractivity contribution < 1.29 is 4.74 Å². The number of rotatable bonds is 10. The van der Waals surface area contributed by atoms with Crippen LogP contribution in [0.4, 0.5) is 0 Å². The maximum absolute atomic E-state index is 5.62. The zero-order valence-corrected chi connectivity index (χ0v) is 17.5. The number of guanidine groups is 1. The molecule has 2 rings (SSSR count). The van der Waals surface area contributed by atoms with Crippen LogP contribution in [0.1, 0.15) is 65.2 Å². The van der Waals surface area contributed by atoms with Crippen molar-refractivity contribution in [3.63, 3.8) is 0 Å². The number of nitrogens with one attached hydrogen (secondary N) is 2. The first kappa shape index (κ1) is 21.5. The lowest BCUT2D eigenvalue weighted by Gasteiger charge is -2.31. The van der Waals surface area contributed by atoms with Crippen LogP contribution in [0.5, 0.6) is 0 Å². The molecule has 1 aliphatic carbocycles. The van der Waals surface area contributed by atoms with Crippen LogP contribution in [0.15, 0.2) is 4.99 Å². The molecule has 0 bridgehead atoms. The molecule has 152 valence electrons. The van der Waals surface area contributed by atoms with Crippen LogP contribution in [0.3, 0.4) is 0 Å². The first-order valence-electron chi connectivity index (χ1n) is 10.9. The van der Waals surface area contributed by atoms with E-state index in [9.17, 15) is 0 Å². The van der Waals surface area contributed by atoms with Gasteiger partial charge in [0.15, 0.2) is 5.96 Å². The van der Waals surface area contributed by atoms with Gasteiger partial charge in [0.2, 0.25) is 0 Å². The van der Waals surface area contributed by atoms with Crippen molar-refractivity contribution in [3.8, 4) is 0 Å². The number of piperidine rings is 1. The zero-order chi connectivity index (χ0) is 18.7. The van der Waals surface area contributed by atoms with Gasteiger partial charge in [0.1, 0.15) is 0 Å². The molecule has 2 aliphatic rings. The quantitative estimate of drug-likeness (QED) is 0.354. The monoisotopic (exact) mass is 366 g/mol. The van der Waals surface area contributed by atoms with E-state index >= 15 is 0 Å². The first-order valence-corrected chi connectivity index (χ1v) is 10.9. The van der Waals surface area contributed by atoms with E-state index < -0.39 is 0 Å². The predicted molar refractivity (Wildman–Crippen MR) is 111 cm³/mol. The van der Waals surface area contributed by atoms with Crippen LogP contribution >= 0.6 is 0 Å². The summed E-state index contributed by atoms with van der Waals surface area (Å²) in [6.45, 7) is 11.9. The molecular formula is C21H42N4O. The zero-order valence-electron chi connectivity index (χ0n) is 17.5. The third-order valence-corrected chi connectivity index (χ3v) is 6.32. The fourth-order valence-corrected chi connectivity index (χ4v) is 4.36. The molecule has 2 fully saturated rings. The van der Waals surface area contributed by atoms with Crippen LogP contribution in [0.25, 0.3) is 0 Å². The Balaban J connectivity index is 1.63. The van der Waals surface area contributed by atoms with Crippen molar-refractivity contribution in [2.45, 2.75) is 65.2 Å². The van der Waals surface area contributed by atoms with Gasteiger partial charge in [-0.15, -0.1) is 0 Å². The van der Waals surface area contributed by atoms with Gasteiger partial charge in [0.05, 0.1) is 0 Å². The minimum atomic E-state index is 0.400.